The van der Waals surface area contributed by atoms with E-state index < -0.39 is 23.7 Å². The number of methoxy groups -OCH3 is 1. The molecule has 2 N–H and O–H groups in total. The average Bonchev–Trinajstić information content (AvgIpc) is 3.25. The summed E-state index contributed by atoms with van der Waals surface area (Å²) in [6.07, 6.45) is 1.44. The maximum atomic E-state index is 12.8. The molecule has 0 saturated carbocycles. The number of aliphatic carboxylic acids is 1. The summed E-state index contributed by atoms with van der Waals surface area (Å²) in [6, 6.07) is 3.06. The Bertz CT molecular complexity index is 1210. The van der Waals surface area contributed by atoms with Gasteiger partial charge in [-0.05, 0) is 93.9 Å². The molecule has 39 heavy (non-hydrogen) atoms. The van der Waals surface area contributed by atoms with Gasteiger partial charge in [0.25, 0.3) is 5.91 Å². The van der Waals surface area contributed by atoms with Crippen molar-refractivity contribution in [1.29, 1.82) is 0 Å². The molecule has 214 valence electrons. The number of amides is 1. The topological polar surface area (TPSA) is 130 Å². The number of nitrogens with zero attached hydrogens (tertiary/aromatic N) is 2. The van der Waals surface area contributed by atoms with E-state index >= 15 is 0 Å². The van der Waals surface area contributed by atoms with E-state index in [1.807, 2.05) is 12.1 Å². The number of allylic oxidation sites excluding steroid dienone is 1. The molecule has 14 heteroatoms. The number of benzene rings is 1. The minimum atomic E-state index is -1.22. The zero-order chi connectivity index (χ0) is 29.1. The fourth-order valence-electron chi connectivity index (χ4n) is 4.23. The monoisotopic (exact) mass is 799 g/mol. The summed E-state index contributed by atoms with van der Waals surface area (Å²) < 4.78 is 13.7. The number of carbonyl (C=O) groups is 2. The highest BCUT2D eigenvalue weighted by molar-refractivity contribution is 9.12. The number of likely N-dealkylation sites (N-methyl/N-ethyl adjacent to an activating group) is 1. The van der Waals surface area contributed by atoms with Gasteiger partial charge in [-0.3, -0.25) is 4.79 Å². The van der Waals surface area contributed by atoms with Crippen LogP contribution in [-0.4, -0.2) is 86.3 Å². The molecule has 0 saturated heterocycles. The van der Waals surface area contributed by atoms with Gasteiger partial charge in [0.1, 0.15) is 29.4 Å². The van der Waals surface area contributed by atoms with E-state index in [1.165, 1.54) is 7.11 Å². The number of nitrogens with one attached hydrogen (secondary N) is 1. The van der Waals surface area contributed by atoms with Gasteiger partial charge in [-0.15, -0.1) is 0 Å². The van der Waals surface area contributed by atoms with Gasteiger partial charge in [0.15, 0.2) is 5.60 Å². The lowest BCUT2D eigenvalue weighted by molar-refractivity contribution is -0.889. The Labute approximate surface area is 260 Å². The van der Waals surface area contributed by atoms with Crippen molar-refractivity contribution in [1.82, 2.24) is 5.32 Å². The van der Waals surface area contributed by atoms with E-state index in [0.29, 0.717) is 42.4 Å². The SMILES string of the molecule is COC1=C(Br)[C@H](O)[C@@]2(C=C1Br)CC(C(=O)NCCc1cc(Br)c(OCCC(C(=O)[O-])[N+](C)(C)C)c(Br)c1)=NO2. The molecule has 0 aromatic heterocycles. The van der Waals surface area contributed by atoms with E-state index in [0.717, 1.165) is 5.56 Å². The number of quaternary nitrogens is 1. The molecule has 1 amide bonds. The average molecular weight is 803 g/mol. The van der Waals surface area contributed by atoms with Gasteiger partial charge in [-0.1, -0.05) is 5.16 Å². The molecule has 10 nitrogen and oxygen atoms in total. The van der Waals surface area contributed by atoms with Gasteiger partial charge in [-0.25, -0.2) is 0 Å². The Morgan fingerprint density at radius 1 is 1.26 bits per heavy atom. The molecule has 1 unspecified atom stereocenters. The van der Waals surface area contributed by atoms with Gasteiger partial charge in [0.2, 0.25) is 0 Å². The quantitative estimate of drug-likeness (QED) is 0.330. The first-order valence-electron chi connectivity index (χ1n) is 11.9. The summed E-state index contributed by atoms with van der Waals surface area (Å²) in [5.41, 5.74) is -0.121. The molecule has 1 spiro atoms. The van der Waals surface area contributed by atoms with Gasteiger partial charge in [0.05, 0.1) is 58.7 Å². The molecule has 0 radical (unpaired) electrons. The summed E-state index contributed by atoms with van der Waals surface area (Å²) in [7, 11) is 6.88. The number of carbonyl (C=O) groups excluding carboxylic acids is 2. The van der Waals surface area contributed by atoms with Crippen LogP contribution in [0.3, 0.4) is 0 Å². The number of hydrogen-bond acceptors (Lipinski definition) is 8. The number of aliphatic hydroxyl groups is 1. The van der Waals surface area contributed by atoms with E-state index in [2.05, 4.69) is 74.2 Å². The van der Waals surface area contributed by atoms with Crippen LogP contribution in [0.15, 0.2) is 47.0 Å². The molecule has 1 aliphatic heterocycles. The van der Waals surface area contributed by atoms with Crippen LogP contribution >= 0.6 is 63.7 Å². The lowest BCUT2D eigenvalue weighted by Crippen LogP contribution is -2.55. The van der Waals surface area contributed by atoms with Crippen LogP contribution < -0.4 is 15.2 Å². The van der Waals surface area contributed by atoms with Crippen LogP contribution in [0.2, 0.25) is 0 Å². The number of halogens is 4. The van der Waals surface area contributed by atoms with Gasteiger partial charge >= 0.3 is 0 Å². The highest BCUT2D eigenvalue weighted by Crippen LogP contribution is 2.44. The van der Waals surface area contributed by atoms with Crippen molar-refractivity contribution >= 4 is 81.3 Å². The third-order valence-corrected chi connectivity index (χ3v) is 8.91. The zero-order valence-electron chi connectivity index (χ0n) is 21.7. The number of hydrogen-bond donors (Lipinski definition) is 2. The van der Waals surface area contributed by atoms with Crippen LogP contribution in [0.4, 0.5) is 0 Å². The summed E-state index contributed by atoms with van der Waals surface area (Å²) in [5.74, 6) is -0.504. The van der Waals surface area contributed by atoms with Crippen molar-refractivity contribution in [3.63, 3.8) is 0 Å². The predicted molar refractivity (Wildman–Crippen MR) is 157 cm³/mol. The van der Waals surface area contributed by atoms with Crippen LogP contribution in [-0.2, 0) is 25.6 Å². The molecule has 3 rings (SSSR count). The molecule has 0 fully saturated rings. The fourth-order valence-corrected chi connectivity index (χ4v) is 7.53. The van der Waals surface area contributed by atoms with Crippen LogP contribution in [0.1, 0.15) is 18.4 Å². The molecule has 1 aromatic rings. The first-order chi connectivity index (χ1) is 18.2. The fraction of sp³-hybridized carbons (Fsp3) is 0.480. The second-order valence-electron chi connectivity index (χ2n) is 10.0. The Morgan fingerprint density at radius 2 is 1.90 bits per heavy atom. The smallest absolute Gasteiger partial charge is 0.269 e. The van der Waals surface area contributed by atoms with Crippen molar-refractivity contribution in [3.8, 4) is 5.75 Å². The number of aliphatic hydroxyl groups excluding tert-OH is 1. The molecule has 0 bridgehead atoms. The van der Waals surface area contributed by atoms with Crippen LogP contribution in [0, 0.1) is 0 Å². The minimum absolute atomic E-state index is 0.0806. The maximum Gasteiger partial charge on any atom is 0.269 e. The predicted octanol–water partition coefficient (Wildman–Crippen LogP) is 2.89. The number of carboxylic acid groups (broad SMARTS) is 1. The Morgan fingerprint density at radius 3 is 2.46 bits per heavy atom. The second kappa shape index (κ2) is 13.0. The highest BCUT2D eigenvalue weighted by Gasteiger charge is 2.50. The van der Waals surface area contributed by atoms with Crippen molar-refractivity contribution in [2.45, 2.75) is 37.0 Å². The highest BCUT2D eigenvalue weighted by atomic mass is 79.9. The summed E-state index contributed by atoms with van der Waals surface area (Å²) >= 11 is 13.8. The molecular weight excluding hydrogens is 774 g/mol. The van der Waals surface area contributed by atoms with E-state index in [4.69, 9.17) is 14.3 Å². The van der Waals surface area contributed by atoms with Crippen LogP contribution in [0.25, 0.3) is 0 Å². The van der Waals surface area contributed by atoms with Crippen molar-refractivity contribution in [2.24, 2.45) is 5.16 Å². The lowest BCUT2D eigenvalue weighted by Gasteiger charge is -2.34. The van der Waals surface area contributed by atoms with E-state index in [-0.39, 0.29) is 35.6 Å². The van der Waals surface area contributed by atoms with Crippen LogP contribution in [0.5, 0.6) is 5.75 Å². The van der Waals surface area contributed by atoms with E-state index in [1.54, 1.807) is 27.2 Å². The summed E-state index contributed by atoms with van der Waals surface area (Å²) in [6.45, 7) is 0.534. The first-order valence-corrected chi connectivity index (χ1v) is 15.0. The molecule has 1 heterocycles. The third kappa shape index (κ3) is 7.45. The number of oxime groups is 1. The van der Waals surface area contributed by atoms with Crippen molar-refractivity contribution in [3.05, 3.63) is 47.4 Å². The summed E-state index contributed by atoms with van der Waals surface area (Å²) in [4.78, 5) is 29.8. The Hall–Kier alpha value is -1.45. The van der Waals surface area contributed by atoms with Crippen molar-refractivity contribution < 1.29 is 38.6 Å². The second-order valence-corrected chi connectivity index (χ2v) is 13.4. The molecule has 1 aromatic carbocycles. The number of rotatable bonds is 11. The largest absolute Gasteiger partial charge is 0.544 e. The van der Waals surface area contributed by atoms with Crippen molar-refractivity contribution in [2.75, 3.05) is 41.4 Å². The van der Waals surface area contributed by atoms with Gasteiger partial charge in [-0.2, -0.15) is 0 Å². The van der Waals surface area contributed by atoms with Gasteiger partial charge < -0.3 is 39.1 Å². The maximum absolute atomic E-state index is 12.8. The Kier molecular flexibility index (Phi) is 10.7. The third-order valence-electron chi connectivity index (χ3n) is 6.35. The van der Waals surface area contributed by atoms with E-state index in [9.17, 15) is 19.8 Å². The summed E-state index contributed by atoms with van der Waals surface area (Å²) in [5, 5.41) is 29.0. The molecule has 2 aliphatic rings. The van der Waals surface area contributed by atoms with Gasteiger partial charge in [0, 0.05) is 19.4 Å². The molecule has 1 aliphatic carbocycles. The minimum Gasteiger partial charge on any atom is -0.544 e. The normalized spacial score (nSPS) is 21.7. The zero-order valence-corrected chi connectivity index (χ0v) is 28.1. The number of carboxylic acids is 1. The molecule has 3 atom stereocenters. The lowest BCUT2D eigenvalue weighted by atomic mass is 9.87. The number of ether oxygens (including phenoxy) is 2. The Balaban J connectivity index is 1.54. The molecular formula is C25H29Br4N3O7. The first kappa shape index (κ1) is 32.1. The standard InChI is InChI=1S/C25H29Br4N3O7/c1-32(2,3)18(24(35)36)6-8-38-20-14(26)9-13(10-15(20)27)5-7-30-23(34)17-12-25(39-31-17)11-16(28)21(37-4)19(29)22(25)33/h9-11,18,22,33H,5-8,12H2,1-4H3,(H-,30,34,35,36)/t18?,22-,25+/m0/s1.